The third-order valence-electron chi connectivity index (χ3n) is 3.72. The van der Waals surface area contributed by atoms with E-state index in [0.717, 1.165) is 18.2 Å². The Morgan fingerprint density at radius 2 is 1.73 bits per heavy atom. The predicted octanol–water partition coefficient (Wildman–Crippen LogP) is 4.33. The van der Waals surface area contributed by atoms with Crippen molar-refractivity contribution in [1.29, 1.82) is 5.26 Å². The molecule has 0 saturated carbocycles. The number of carbonyl (C=O) groups is 1. The Balaban J connectivity index is 1.96. The first-order chi connectivity index (χ1) is 12.4. The highest BCUT2D eigenvalue weighted by Gasteiger charge is 2.21. The smallest absolute Gasteiger partial charge is 0.353 e. The van der Waals surface area contributed by atoms with E-state index < -0.39 is 17.6 Å². The summed E-state index contributed by atoms with van der Waals surface area (Å²) < 4.78 is 33.2. The highest BCUT2D eigenvalue weighted by atomic mass is 19.1. The minimum absolute atomic E-state index is 0.00102. The molecule has 1 aromatic heterocycles. The van der Waals surface area contributed by atoms with Gasteiger partial charge in [-0.2, -0.15) is 5.26 Å². The number of hydrogen-bond acceptors (Lipinski definition) is 3. The molecule has 0 unspecified atom stereocenters. The number of aryl methyl sites for hydroxylation is 1. The maximum absolute atomic E-state index is 13.2. The summed E-state index contributed by atoms with van der Waals surface area (Å²) in [4.78, 5) is 11.5. The van der Waals surface area contributed by atoms with E-state index >= 15 is 0 Å². The van der Waals surface area contributed by atoms with Gasteiger partial charge in [-0.25, -0.2) is 13.6 Å². The van der Waals surface area contributed by atoms with E-state index in [9.17, 15) is 23.9 Å². The number of aromatic nitrogens is 1. The van der Waals surface area contributed by atoms with Crippen molar-refractivity contribution in [3.63, 3.8) is 0 Å². The minimum atomic E-state index is -1.15. The topological polar surface area (TPSA) is 75.2 Å². The first-order valence-electron chi connectivity index (χ1n) is 7.46. The van der Waals surface area contributed by atoms with E-state index in [1.165, 1.54) is 22.9 Å². The molecule has 0 bridgehead atoms. The molecule has 0 aliphatic rings. The van der Waals surface area contributed by atoms with Crippen molar-refractivity contribution in [3.8, 4) is 28.7 Å². The number of benzene rings is 2. The third kappa shape index (κ3) is 3.26. The molecule has 0 spiro atoms. The van der Waals surface area contributed by atoms with Crippen molar-refractivity contribution in [1.82, 2.24) is 4.57 Å². The molecule has 5 nitrogen and oxygen atoms in total. The van der Waals surface area contributed by atoms with Crippen LogP contribution in [-0.4, -0.2) is 15.6 Å². The fourth-order valence-corrected chi connectivity index (χ4v) is 2.67. The van der Waals surface area contributed by atoms with Crippen LogP contribution in [0, 0.1) is 23.0 Å². The number of aromatic carboxylic acids is 1. The SMILES string of the molecule is Cn1cc(C#N)c(-c2ccc(Oc3cc(F)cc(F)c3)cc2)c1C(=O)O. The van der Waals surface area contributed by atoms with Gasteiger partial charge >= 0.3 is 5.97 Å². The fourth-order valence-electron chi connectivity index (χ4n) is 2.67. The van der Waals surface area contributed by atoms with Crippen LogP contribution in [0.15, 0.2) is 48.7 Å². The average Bonchev–Trinajstić information content (AvgIpc) is 2.91. The van der Waals surface area contributed by atoms with E-state index in [1.54, 1.807) is 19.2 Å². The van der Waals surface area contributed by atoms with Crippen LogP contribution in [0.2, 0.25) is 0 Å². The van der Waals surface area contributed by atoms with Crippen LogP contribution in [0.3, 0.4) is 0 Å². The molecule has 0 fully saturated rings. The molecule has 7 heteroatoms. The summed E-state index contributed by atoms with van der Waals surface area (Å²) in [5, 5.41) is 18.6. The van der Waals surface area contributed by atoms with Crippen molar-refractivity contribution in [3.05, 3.63) is 71.6 Å². The number of nitrogens with zero attached hydrogens (tertiary/aromatic N) is 2. The zero-order chi connectivity index (χ0) is 18.8. The van der Waals surface area contributed by atoms with E-state index in [1.807, 2.05) is 6.07 Å². The second-order valence-electron chi connectivity index (χ2n) is 5.53. The maximum Gasteiger partial charge on any atom is 0.353 e. The van der Waals surface area contributed by atoms with Gasteiger partial charge in [0.2, 0.25) is 0 Å². The number of hydrogen-bond donors (Lipinski definition) is 1. The van der Waals surface area contributed by atoms with Crippen molar-refractivity contribution in [2.45, 2.75) is 0 Å². The Labute approximate surface area is 147 Å². The van der Waals surface area contributed by atoms with Crippen molar-refractivity contribution in [2.75, 3.05) is 0 Å². The first-order valence-corrected chi connectivity index (χ1v) is 7.46. The molecular weight excluding hydrogens is 342 g/mol. The van der Waals surface area contributed by atoms with Crippen LogP contribution in [0.5, 0.6) is 11.5 Å². The van der Waals surface area contributed by atoms with Gasteiger partial charge in [-0.05, 0) is 17.7 Å². The van der Waals surface area contributed by atoms with Gasteiger partial charge < -0.3 is 14.4 Å². The Bertz CT molecular complexity index is 1010. The second kappa shape index (κ2) is 6.69. The lowest BCUT2D eigenvalue weighted by Gasteiger charge is -2.08. The normalized spacial score (nSPS) is 10.4. The van der Waals surface area contributed by atoms with Crippen LogP contribution in [0.1, 0.15) is 16.1 Å². The van der Waals surface area contributed by atoms with Gasteiger partial charge in [-0.15, -0.1) is 0 Å². The lowest BCUT2D eigenvalue weighted by Crippen LogP contribution is -2.05. The molecule has 3 aromatic rings. The Morgan fingerprint density at radius 3 is 2.27 bits per heavy atom. The average molecular weight is 354 g/mol. The van der Waals surface area contributed by atoms with Crippen LogP contribution in [-0.2, 0) is 7.05 Å². The third-order valence-corrected chi connectivity index (χ3v) is 3.72. The van der Waals surface area contributed by atoms with Crippen LogP contribution < -0.4 is 4.74 Å². The Hall–Kier alpha value is -3.66. The van der Waals surface area contributed by atoms with E-state index in [2.05, 4.69) is 0 Å². The van der Waals surface area contributed by atoms with Crippen LogP contribution in [0.4, 0.5) is 8.78 Å². The molecule has 0 amide bonds. The van der Waals surface area contributed by atoms with Crippen molar-refractivity contribution >= 4 is 5.97 Å². The lowest BCUT2D eigenvalue weighted by molar-refractivity contribution is 0.0687. The molecule has 0 aliphatic carbocycles. The number of nitriles is 1. The molecule has 130 valence electrons. The highest BCUT2D eigenvalue weighted by Crippen LogP contribution is 2.31. The molecule has 3 rings (SSSR count). The summed E-state index contributed by atoms with van der Waals surface area (Å²) in [6, 6.07) is 11.0. The molecule has 0 aliphatic heterocycles. The Morgan fingerprint density at radius 1 is 1.12 bits per heavy atom. The first kappa shape index (κ1) is 17.2. The molecule has 26 heavy (non-hydrogen) atoms. The van der Waals surface area contributed by atoms with Gasteiger partial charge in [0.25, 0.3) is 0 Å². The molecule has 0 saturated heterocycles. The summed E-state index contributed by atoms with van der Waals surface area (Å²) in [6.07, 6.45) is 1.44. The van der Waals surface area contributed by atoms with Crippen LogP contribution >= 0.6 is 0 Å². The van der Waals surface area contributed by atoms with Gasteiger partial charge in [0.05, 0.1) is 5.56 Å². The van der Waals surface area contributed by atoms with Crippen LogP contribution in [0.25, 0.3) is 11.1 Å². The number of carboxylic acids is 1. The van der Waals surface area contributed by atoms with Gasteiger partial charge in [0.15, 0.2) is 0 Å². The minimum Gasteiger partial charge on any atom is -0.477 e. The monoisotopic (exact) mass is 354 g/mol. The van der Waals surface area contributed by atoms with Gasteiger partial charge in [-0.1, -0.05) is 12.1 Å². The summed E-state index contributed by atoms with van der Waals surface area (Å²) in [7, 11) is 1.55. The predicted molar refractivity (Wildman–Crippen MR) is 89.0 cm³/mol. The Kier molecular flexibility index (Phi) is 4.42. The summed E-state index contributed by atoms with van der Waals surface area (Å²) in [6.45, 7) is 0. The molecule has 1 N–H and O–H groups in total. The summed E-state index contributed by atoms with van der Waals surface area (Å²) in [5.41, 5.74) is 1.02. The quantitative estimate of drug-likeness (QED) is 0.756. The number of ether oxygens (including phenoxy) is 1. The summed E-state index contributed by atoms with van der Waals surface area (Å²) >= 11 is 0. The number of rotatable bonds is 4. The lowest BCUT2D eigenvalue weighted by atomic mass is 10.0. The van der Waals surface area contributed by atoms with E-state index in [-0.39, 0.29) is 17.0 Å². The largest absolute Gasteiger partial charge is 0.477 e. The molecule has 1 heterocycles. The van der Waals surface area contributed by atoms with E-state index in [4.69, 9.17) is 4.74 Å². The fraction of sp³-hybridized carbons (Fsp3) is 0.0526. The zero-order valence-electron chi connectivity index (χ0n) is 13.5. The molecule has 2 aromatic carbocycles. The second-order valence-corrected chi connectivity index (χ2v) is 5.53. The van der Waals surface area contributed by atoms with Gasteiger partial charge in [0, 0.05) is 37.0 Å². The summed E-state index contributed by atoms with van der Waals surface area (Å²) in [5.74, 6) is -2.36. The molecule has 0 radical (unpaired) electrons. The standard InChI is InChI=1S/C19H12F2N2O3/c1-23-10-12(9-22)17(18(23)19(24)25)11-2-4-15(5-3-11)26-16-7-13(20)6-14(21)8-16/h2-8,10H,1H3,(H,24,25). The van der Waals surface area contributed by atoms with E-state index in [0.29, 0.717) is 16.9 Å². The van der Waals surface area contributed by atoms with Crippen molar-refractivity contribution < 1.29 is 23.4 Å². The molecule has 0 atom stereocenters. The van der Waals surface area contributed by atoms with Crippen molar-refractivity contribution in [2.24, 2.45) is 7.05 Å². The van der Waals surface area contributed by atoms with Gasteiger partial charge in [-0.3, -0.25) is 0 Å². The van der Waals surface area contributed by atoms with Gasteiger partial charge in [0.1, 0.15) is 34.9 Å². The molecular formula is C19H12F2N2O3. The maximum atomic E-state index is 13.2. The zero-order valence-corrected chi connectivity index (χ0v) is 13.5. The number of halogens is 2. The number of carboxylic acid groups (broad SMARTS) is 1. The highest BCUT2D eigenvalue weighted by molar-refractivity contribution is 5.96.